The molecule has 106 valence electrons. The number of nitrogens with one attached hydrogen (secondary N) is 1. The number of ether oxygens (including phenoxy) is 2. The zero-order valence-corrected chi connectivity index (χ0v) is 12.0. The second-order valence-corrected chi connectivity index (χ2v) is 5.16. The molecule has 1 aromatic rings. The molecule has 1 heterocycles. The first-order valence-electron chi connectivity index (χ1n) is 7.30. The maximum Gasteiger partial charge on any atom is 0.119 e. The van der Waals surface area contributed by atoms with Gasteiger partial charge in [0.05, 0.1) is 7.11 Å². The predicted octanol–water partition coefficient (Wildman–Crippen LogP) is 3.16. The van der Waals surface area contributed by atoms with E-state index in [1.165, 1.54) is 5.56 Å². The molecule has 0 saturated carbocycles. The molecule has 19 heavy (non-hydrogen) atoms. The molecule has 1 aromatic carbocycles. The van der Waals surface area contributed by atoms with Gasteiger partial charge in [0.1, 0.15) is 5.75 Å². The zero-order valence-electron chi connectivity index (χ0n) is 12.0. The molecule has 0 spiro atoms. The Labute approximate surface area is 116 Å². The predicted molar refractivity (Wildman–Crippen MR) is 77.6 cm³/mol. The van der Waals surface area contributed by atoms with Crippen LogP contribution in [0.4, 0.5) is 0 Å². The SMILES string of the molecule is CCCNC(c1cccc(OC)c1)C1CCOCC1. The van der Waals surface area contributed by atoms with Crippen molar-refractivity contribution in [2.24, 2.45) is 5.92 Å². The third-order valence-electron chi connectivity index (χ3n) is 3.80. The Morgan fingerprint density at radius 2 is 2.16 bits per heavy atom. The molecular formula is C16H25NO2. The Balaban J connectivity index is 2.14. The monoisotopic (exact) mass is 263 g/mol. The van der Waals surface area contributed by atoms with Crippen LogP contribution >= 0.6 is 0 Å². The van der Waals surface area contributed by atoms with Gasteiger partial charge in [0, 0.05) is 19.3 Å². The van der Waals surface area contributed by atoms with Crippen molar-refractivity contribution in [3.05, 3.63) is 29.8 Å². The second-order valence-electron chi connectivity index (χ2n) is 5.16. The number of benzene rings is 1. The first-order valence-corrected chi connectivity index (χ1v) is 7.30. The van der Waals surface area contributed by atoms with E-state index in [1.807, 2.05) is 6.07 Å². The fourth-order valence-corrected chi connectivity index (χ4v) is 2.74. The highest BCUT2D eigenvalue weighted by Crippen LogP contribution is 2.31. The van der Waals surface area contributed by atoms with Gasteiger partial charge in [0.15, 0.2) is 0 Å². The normalized spacial score (nSPS) is 18.2. The molecule has 0 aliphatic carbocycles. The van der Waals surface area contributed by atoms with Crippen LogP contribution in [0, 0.1) is 5.92 Å². The highest BCUT2D eigenvalue weighted by Gasteiger charge is 2.25. The highest BCUT2D eigenvalue weighted by atomic mass is 16.5. The van der Waals surface area contributed by atoms with Crippen molar-refractivity contribution in [3.63, 3.8) is 0 Å². The van der Waals surface area contributed by atoms with Crippen LogP contribution in [0.1, 0.15) is 37.8 Å². The van der Waals surface area contributed by atoms with Gasteiger partial charge in [-0.05, 0) is 49.4 Å². The smallest absolute Gasteiger partial charge is 0.119 e. The Morgan fingerprint density at radius 1 is 1.37 bits per heavy atom. The average molecular weight is 263 g/mol. The molecule has 3 heteroatoms. The lowest BCUT2D eigenvalue weighted by atomic mass is 9.87. The lowest BCUT2D eigenvalue weighted by molar-refractivity contribution is 0.0536. The van der Waals surface area contributed by atoms with Crippen molar-refractivity contribution >= 4 is 0 Å². The van der Waals surface area contributed by atoms with Gasteiger partial charge < -0.3 is 14.8 Å². The fourth-order valence-electron chi connectivity index (χ4n) is 2.74. The lowest BCUT2D eigenvalue weighted by Crippen LogP contribution is -2.32. The Kier molecular flexibility index (Phi) is 5.67. The van der Waals surface area contributed by atoms with Gasteiger partial charge in [0.25, 0.3) is 0 Å². The first kappa shape index (κ1) is 14.4. The quantitative estimate of drug-likeness (QED) is 0.855. The van der Waals surface area contributed by atoms with E-state index in [1.54, 1.807) is 7.11 Å². The van der Waals surface area contributed by atoms with Crippen molar-refractivity contribution in [3.8, 4) is 5.75 Å². The molecule has 0 amide bonds. The molecule has 0 radical (unpaired) electrons. The van der Waals surface area contributed by atoms with Crippen molar-refractivity contribution in [1.82, 2.24) is 5.32 Å². The summed E-state index contributed by atoms with van der Waals surface area (Å²) in [5.74, 6) is 1.60. The largest absolute Gasteiger partial charge is 0.497 e. The molecule has 1 N–H and O–H groups in total. The van der Waals surface area contributed by atoms with E-state index < -0.39 is 0 Å². The van der Waals surface area contributed by atoms with Crippen LogP contribution < -0.4 is 10.1 Å². The molecule has 0 bridgehead atoms. The van der Waals surface area contributed by atoms with Crippen LogP contribution in [0.15, 0.2) is 24.3 Å². The Hall–Kier alpha value is -1.06. The molecule has 1 aliphatic heterocycles. The maximum absolute atomic E-state index is 5.48. The van der Waals surface area contributed by atoms with Gasteiger partial charge in [0.2, 0.25) is 0 Å². The number of hydrogen-bond acceptors (Lipinski definition) is 3. The Morgan fingerprint density at radius 3 is 2.84 bits per heavy atom. The summed E-state index contributed by atoms with van der Waals surface area (Å²) in [6.45, 7) is 5.04. The summed E-state index contributed by atoms with van der Waals surface area (Å²) in [4.78, 5) is 0. The molecule has 1 unspecified atom stereocenters. The molecule has 0 aromatic heterocycles. The molecular weight excluding hydrogens is 238 g/mol. The van der Waals surface area contributed by atoms with Crippen molar-refractivity contribution in [2.45, 2.75) is 32.2 Å². The number of rotatable bonds is 6. The summed E-state index contributed by atoms with van der Waals surface area (Å²) in [6, 6.07) is 8.85. The van der Waals surface area contributed by atoms with E-state index in [0.717, 1.165) is 44.8 Å². The van der Waals surface area contributed by atoms with Crippen LogP contribution in [-0.2, 0) is 4.74 Å². The third kappa shape index (κ3) is 3.95. The van der Waals surface area contributed by atoms with Crippen LogP contribution in [0.25, 0.3) is 0 Å². The van der Waals surface area contributed by atoms with Gasteiger partial charge in [-0.1, -0.05) is 19.1 Å². The minimum atomic E-state index is 0.416. The summed E-state index contributed by atoms with van der Waals surface area (Å²) in [5.41, 5.74) is 1.33. The topological polar surface area (TPSA) is 30.5 Å². The summed E-state index contributed by atoms with van der Waals surface area (Å²) >= 11 is 0. The van der Waals surface area contributed by atoms with E-state index in [9.17, 15) is 0 Å². The first-order chi connectivity index (χ1) is 9.35. The van der Waals surface area contributed by atoms with Gasteiger partial charge in [-0.25, -0.2) is 0 Å². The average Bonchev–Trinajstić information content (AvgIpc) is 2.49. The summed E-state index contributed by atoms with van der Waals surface area (Å²) in [6.07, 6.45) is 3.43. The minimum absolute atomic E-state index is 0.416. The van der Waals surface area contributed by atoms with Gasteiger partial charge in [-0.2, -0.15) is 0 Å². The summed E-state index contributed by atoms with van der Waals surface area (Å²) < 4.78 is 10.8. The van der Waals surface area contributed by atoms with Gasteiger partial charge in [-0.15, -0.1) is 0 Å². The summed E-state index contributed by atoms with van der Waals surface area (Å²) in [5, 5.41) is 3.70. The van der Waals surface area contributed by atoms with E-state index in [-0.39, 0.29) is 0 Å². The maximum atomic E-state index is 5.48. The summed E-state index contributed by atoms with van der Waals surface area (Å²) in [7, 11) is 1.72. The van der Waals surface area contributed by atoms with Crippen molar-refractivity contribution in [2.75, 3.05) is 26.9 Å². The lowest BCUT2D eigenvalue weighted by Gasteiger charge is -2.31. The second kappa shape index (κ2) is 7.51. The highest BCUT2D eigenvalue weighted by molar-refractivity contribution is 5.31. The fraction of sp³-hybridized carbons (Fsp3) is 0.625. The van der Waals surface area contributed by atoms with Gasteiger partial charge >= 0.3 is 0 Å². The molecule has 1 aliphatic rings. The van der Waals surface area contributed by atoms with Crippen molar-refractivity contribution < 1.29 is 9.47 Å². The third-order valence-corrected chi connectivity index (χ3v) is 3.80. The van der Waals surface area contributed by atoms with E-state index >= 15 is 0 Å². The molecule has 1 fully saturated rings. The minimum Gasteiger partial charge on any atom is -0.497 e. The molecule has 2 rings (SSSR count). The van der Waals surface area contributed by atoms with Crippen LogP contribution in [0.2, 0.25) is 0 Å². The van der Waals surface area contributed by atoms with Gasteiger partial charge in [-0.3, -0.25) is 0 Å². The number of methoxy groups -OCH3 is 1. The molecule has 1 atom stereocenters. The van der Waals surface area contributed by atoms with Crippen molar-refractivity contribution in [1.29, 1.82) is 0 Å². The molecule has 1 saturated heterocycles. The van der Waals surface area contributed by atoms with E-state index in [4.69, 9.17) is 9.47 Å². The van der Waals surface area contributed by atoms with E-state index in [2.05, 4.69) is 30.4 Å². The Bertz CT molecular complexity index is 375. The number of hydrogen-bond donors (Lipinski definition) is 1. The molecule has 3 nitrogen and oxygen atoms in total. The standard InChI is InChI=1S/C16H25NO2/c1-3-9-17-16(13-7-10-19-11-8-13)14-5-4-6-15(12-14)18-2/h4-6,12-13,16-17H,3,7-11H2,1-2H3. The van der Waals surface area contributed by atoms with Crippen LogP contribution in [-0.4, -0.2) is 26.9 Å². The van der Waals surface area contributed by atoms with Crippen LogP contribution in [0.3, 0.4) is 0 Å². The van der Waals surface area contributed by atoms with Crippen LogP contribution in [0.5, 0.6) is 5.75 Å². The zero-order chi connectivity index (χ0) is 13.5. The van der Waals surface area contributed by atoms with E-state index in [0.29, 0.717) is 12.0 Å².